The lowest BCUT2D eigenvalue weighted by Crippen LogP contribution is -2.60. The van der Waals surface area contributed by atoms with Crippen molar-refractivity contribution in [1.82, 2.24) is 25.3 Å². The number of nitrogens with one attached hydrogen (secondary N) is 2. The van der Waals surface area contributed by atoms with Crippen molar-refractivity contribution in [3.8, 4) is 0 Å². The van der Waals surface area contributed by atoms with Crippen LogP contribution in [0, 0.1) is 23.7 Å². The van der Waals surface area contributed by atoms with Crippen LogP contribution in [0.3, 0.4) is 0 Å². The van der Waals surface area contributed by atoms with Gasteiger partial charge in [0.25, 0.3) is 0 Å². The van der Waals surface area contributed by atoms with Crippen LogP contribution in [0.15, 0.2) is 30.3 Å². The van der Waals surface area contributed by atoms with Crippen molar-refractivity contribution in [2.45, 2.75) is 160 Å². The van der Waals surface area contributed by atoms with Gasteiger partial charge in [-0.2, -0.15) is 0 Å². The van der Waals surface area contributed by atoms with Crippen LogP contribution in [0.1, 0.15) is 111 Å². The average Bonchev–Trinajstić information content (AvgIpc) is 4.03. The highest BCUT2D eigenvalue weighted by Gasteiger charge is 2.52. The smallest absolute Gasteiger partial charge is 0.326 e. The zero-order chi connectivity index (χ0) is 45.7. The number of aliphatic carboxylic acids is 1. The van der Waals surface area contributed by atoms with Crippen LogP contribution < -0.4 is 16.5 Å². The van der Waals surface area contributed by atoms with Crippen molar-refractivity contribution in [3.05, 3.63) is 35.9 Å². The van der Waals surface area contributed by atoms with Crippen LogP contribution in [0.4, 0.5) is 0 Å². The first-order valence-electron chi connectivity index (χ1n) is 22.7. The number of piperidine rings is 1. The molecule has 11 atom stereocenters. The number of methoxy groups -OCH3 is 2. The molecule has 16 heteroatoms. The molecule has 2 saturated heterocycles. The standard InChI is InChI=1S/C46H74N6O10/c1-9-29(4)40(50(6)45(57)39(28(2)3)49-44(56)41-32-21-22-33(26-32)52(41)37(53)20-14-11-15-24-62-47)36(60-7)27-38(54)51-23-16-19-35(51)42(61-8)30(5)43(55)48-34(46(58)59)25-31-17-12-10-13-18-31/h10,12-13,17-18,28-30,32-36,39-42H,9,11,14-16,19-27,47H2,1-8H3,(H,48,55)(H,49,56)(H,58,59)/t29-,30+,32-,33+,34-,35-,36+,39-,40-,41-,42+/m0/s1. The van der Waals surface area contributed by atoms with E-state index in [4.69, 9.17) is 15.4 Å². The third kappa shape index (κ3) is 12.5. The summed E-state index contributed by atoms with van der Waals surface area (Å²) in [5.74, 6) is 1.53. The molecule has 2 aliphatic heterocycles. The van der Waals surface area contributed by atoms with Crippen molar-refractivity contribution in [2.24, 2.45) is 29.6 Å². The van der Waals surface area contributed by atoms with Gasteiger partial charge >= 0.3 is 5.97 Å². The van der Waals surface area contributed by atoms with Gasteiger partial charge in [0.15, 0.2) is 0 Å². The Kier molecular flexibility index (Phi) is 19.6. The largest absolute Gasteiger partial charge is 0.480 e. The second-order valence-corrected chi connectivity index (χ2v) is 18.1. The zero-order valence-corrected chi connectivity index (χ0v) is 38.3. The summed E-state index contributed by atoms with van der Waals surface area (Å²) in [7, 11) is 4.72. The SMILES string of the molecule is CC[C@H](C)[C@@H]([C@@H](CC(=O)N1CCC[C@H]1[C@H](OC)[C@@H](C)C(=O)N[C@@H](Cc1ccccc1)C(=O)O)OC)N(C)C(=O)[C@@H](NC(=O)[C@@H]1[C@H]2CC[C@H](C2)N1C(=O)CCCCCON)C(C)C. The highest BCUT2D eigenvalue weighted by atomic mass is 16.6. The average molecular weight is 871 g/mol. The number of nitrogens with two attached hydrogens (primary N) is 1. The van der Waals surface area contributed by atoms with Crippen LogP contribution in [0.25, 0.3) is 0 Å². The Labute approximate surface area is 368 Å². The summed E-state index contributed by atoms with van der Waals surface area (Å²) in [5.41, 5.74) is 0.775. The maximum atomic E-state index is 14.6. The molecule has 0 spiro atoms. The molecule has 1 aliphatic carbocycles. The molecule has 3 fully saturated rings. The lowest BCUT2D eigenvalue weighted by atomic mass is 9.89. The van der Waals surface area contributed by atoms with Crippen LogP contribution in [0.2, 0.25) is 0 Å². The lowest BCUT2D eigenvalue weighted by molar-refractivity contribution is -0.149. The molecule has 4 rings (SSSR count). The molecular weight excluding hydrogens is 797 g/mol. The van der Waals surface area contributed by atoms with E-state index in [1.165, 1.54) is 14.2 Å². The third-order valence-electron chi connectivity index (χ3n) is 13.7. The Morgan fingerprint density at radius 1 is 0.935 bits per heavy atom. The topological polar surface area (TPSA) is 210 Å². The minimum Gasteiger partial charge on any atom is -0.480 e. The third-order valence-corrected chi connectivity index (χ3v) is 13.7. The predicted molar refractivity (Wildman–Crippen MR) is 233 cm³/mol. The number of benzene rings is 1. The number of carboxylic acid groups (broad SMARTS) is 1. The Bertz CT molecular complexity index is 1650. The van der Waals surface area contributed by atoms with Gasteiger partial charge in [-0.25, -0.2) is 10.7 Å². The molecule has 0 aromatic heterocycles. The van der Waals surface area contributed by atoms with E-state index >= 15 is 0 Å². The molecular formula is C46H74N6O10. The van der Waals surface area contributed by atoms with Crippen molar-refractivity contribution < 1.29 is 48.2 Å². The fourth-order valence-electron chi connectivity index (χ4n) is 10.1. The number of likely N-dealkylation sites (N-methyl/N-ethyl adjacent to an activating group) is 1. The van der Waals surface area contributed by atoms with Crippen LogP contribution in [0.5, 0.6) is 0 Å². The fraction of sp³-hybridized carbons (Fsp3) is 0.739. The Hall–Kier alpha value is -4.12. The molecule has 16 nitrogen and oxygen atoms in total. The van der Waals surface area contributed by atoms with E-state index in [1.54, 1.807) is 28.7 Å². The first-order valence-corrected chi connectivity index (χ1v) is 22.7. The molecule has 1 aromatic carbocycles. The van der Waals surface area contributed by atoms with Gasteiger partial charge < -0.3 is 44.8 Å². The van der Waals surface area contributed by atoms with Crippen molar-refractivity contribution in [3.63, 3.8) is 0 Å². The van der Waals surface area contributed by atoms with E-state index in [0.29, 0.717) is 45.3 Å². The van der Waals surface area contributed by atoms with E-state index in [9.17, 15) is 33.9 Å². The first-order chi connectivity index (χ1) is 29.6. The van der Waals surface area contributed by atoms with E-state index in [0.717, 1.165) is 37.7 Å². The molecule has 2 bridgehead atoms. The second-order valence-electron chi connectivity index (χ2n) is 18.1. The summed E-state index contributed by atoms with van der Waals surface area (Å²) in [5, 5.41) is 15.7. The van der Waals surface area contributed by atoms with Crippen LogP contribution >= 0.6 is 0 Å². The summed E-state index contributed by atoms with van der Waals surface area (Å²) in [6.07, 6.45) is 5.66. The molecule has 0 radical (unpaired) electrons. The molecule has 2 heterocycles. The highest BCUT2D eigenvalue weighted by Crippen LogP contribution is 2.43. The summed E-state index contributed by atoms with van der Waals surface area (Å²) in [6, 6.07) is 5.45. The van der Waals surface area contributed by atoms with Gasteiger partial charge in [-0.1, -0.05) is 77.8 Å². The van der Waals surface area contributed by atoms with Crippen LogP contribution in [-0.2, 0) is 49.5 Å². The minimum absolute atomic E-state index is 0.0187. The second kappa shape index (κ2) is 24.1. The zero-order valence-electron chi connectivity index (χ0n) is 38.3. The number of unbranched alkanes of at least 4 members (excludes halogenated alkanes) is 2. The molecule has 62 heavy (non-hydrogen) atoms. The monoisotopic (exact) mass is 871 g/mol. The van der Waals surface area contributed by atoms with E-state index < -0.39 is 60.2 Å². The summed E-state index contributed by atoms with van der Waals surface area (Å²) in [4.78, 5) is 92.1. The number of carbonyl (C=O) groups is 6. The molecule has 3 aliphatic rings. The number of rotatable bonds is 25. The summed E-state index contributed by atoms with van der Waals surface area (Å²) < 4.78 is 11.9. The predicted octanol–water partition coefficient (Wildman–Crippen LogP) is 3.69. The van der Waals surface area contributed by atoms with Gasteiger partial charge in [-0.3, -0.25) is 24.0 Å². The maximum Gasteiger partial charge on any atom is 0.326 e. The van der Waals surface area contributed by atoms with Gasteiger partial charge in [0.1, 0.15) is 18.1 Å². The molecule has 1 saturated carbocycles. The van der Waals surface area contributed by atoms with Gasteiger partial charge in [0.2, 0.25) is 29.5 Å². The number of fused-ring (bicyclic) bond motifs is 2. The highest BCUT2D eigenvalue weighted by molar-refractivity contribution is 5.93. The number of amides is 5. The van der Waals surface area contributed by atoms with E-state index in [-0.39, 0.29) is 60.3 Å². The number of likely N-dealkylation sites (tertiary alicyclic amines) is 2. The quantitative estimate of drug-likeness (QED) is 0.0823. The van der Waals surface area contributed by atoms with Crippen molar-refractivity contribution >= 4 is 35.5 Å². The van der Waals surface area contributed by atoms with Gasteiger partial charge in [-0.05, 0) is 68.3 Å². The Morgan fingerprint density at radius 2 is 1.65 bits per heavy atom. The summed E-state index contributed by atoms with van der Waals surface area (Å²) >= 11 is 0. The van der Waals surface area contributed by atoms with Crippen LogP contribution in [-0.4, -0.2) is 138 Å². The Morgan fingerprint density at radius 3 is 2.26 bits per heavy atom. The normalized spacial score (nSPS) is 23.0. The first kappa shape index (κ1) is 50.5. The number of carboxylic acids is 1. The lowest BCUT2D eigenvalue weighted by Gasteiger charge is -2.41. The van der Waals surface area contributed by atoms with Crippen molar-refractivity contribution in [1.29, 1.82) is 0 Å². The number of hydrogen-bond donors (Lipinski definition) is 4. The van der Waals surface area contributed by atoms with Gasteiger partial charge in [0.05, 0.1) is 43.2 Å². The van der Waals surface area contributed by atoms with E-state index in [2.05, 4.69) is 15.5 Å². The molecule has 5 amide bonds. The Balaban J connectivity index is 1.45. The number of ether oxygens (including phenoxy) is 2. The molecule has 1 aromatic rings. The number of nitrogens with zero attached hydrogens (tertiary/aromatic N) is 3. The number of carbonyl (C=O) groups excluding carboxylic acids is 5. The molecule has 348 valence electrons. The fourth-order valence-corrected chi connectivity index (χ4v) is 10.1. The maximum absolute atomic E-state index is 14.6. The van der Waals surface area contributed by atoms with Crippen molar-refractivity contribution in [2.75, 3.05) is 34.4 Å². The number of hydrogen-bond acceptors (Lipinski definition) is 10. The molecule has 0 unspecified atom stereocenters. The molecule has 5 N–H and O–H groups in total. The summed E-state index contributed by atoms with van der Waals surface area (Å²) in [6.45, 7) is 10.3. The van der Waals surface area contributed by atoms with Gasteiger partial charge in [0, 0.05) is 46.7 Å². The minimum atomic E-state index is -1.15. The van der Waals surface area contributed by atoms with Gasteiger partial charge in [-0.15, -0.1) is 0 Å². The van der Waals surface area contributed by atoms with E-state index in [1.807, 2.05) is 58.0 Å².